The summed E-state index contributed by atoms with van der Waals surface area (Å²) in [5, 5.41) is 2.61. The molecule has 18 heavy (non-hydrogen) atoms. The van der Waals surface area contributed by atoms with E-state index in [2.05, 4.69) is 10.3 Å². The summed E-state index contributed by atoms with van der Waals surface area (Å²) in [7, 11) is 0. The number of aromatic nitrogens is 2. The standard InChI is InChI=1S/C12H9N3O3/c16-10-5-9(11(17)14-10)15-6-13-8-4-2-1-3-7(8)12(15)18/h1-4,6,9H,5H2,(H,14,16,17). The summed E-state index contributed by atoms with van der Waals surface area (Å²) >= 11 is 0. The zero-order valence-electron chi connectivity index (χ0n) is 9.29. The van der Waals surface area contributed by atoms with Gasteiger partial charge < -0.3 is 0 Å². The number of imide groups is 1. The van der Waals surface area contributed by atoms with E-state index in [1.54, 1.807) is 24.3 Å². The highest BCUT2D eigenvalue weighted by Crippen LogP contribution is 2.16. The van der Waals surface area contributed by atoms with E-state index in [0.717, 1.165) is 0 Å². The van der Waals surface area contributed by atoms with Gasteiger partial charge in [-0.2, -0.15) is 0 Å². The molecule has 1 N–H and O–H groups in total. The molecule has 2 aromatic rings. The molecule has 90 valence electrons. The maximum absolute atomic E-state index is 12.2. The highest BCUT2D eigenvalue weighted by Gasteiger charge is 2.32. The fraction of sp³-hybridized carbons (Fsp3) is 0.167. The van der Waals surface area contributed by atoms with Crippen molar-refractivity contribution in [3.05, 3.63) is 40.9 Å². The van der Waals surface area contributed by atoms with Crippen LogP contribution in [0.15, 0.2) is 35.4 Å². The number of para-hydroxylation sites is 1. The molecule has 2 amide bonds. The molecule has 1 saturated heterocycles. The van der Waals surface area contributed by atoms with Crippen molar-refractivity contribution in [3.8, 4) is 0 Å². The number of rotatable bonds is 1. The fourth-order valence-electron chi connectivity index (χ4n) is 2.07. The molecular formula is C12H9N3O3. The summed E-state index contributed by atoms with van der Waals surface area (Å²) in [6.45, 7) is 0. The van der Waals surface area contributed by atoms with Crippen molar-refractivity contribution in [3.63, 3.8) is 0 Å². The molecule has 1 aliphatic heterocycles. The fourth-order valence-corrected chi connectivity index (χ4v) is 2.07. The maximum atomic E-state index is 12.2. The molecule has 6 heteroatoms. The second-order valence-corrected chi connectivity index (χ2v) is 4.11. The molecule has 0 saturated carbocycles. The van der Waals surface area contributed by atoms with E-state index in [0.29, 0.717) is 10.9 Å². The second-order valence-electron chi connectivity index (χ2n) is 4.11. The van der Waals surface area contributed by atoms with E-state index >= 15 is 0 Å². The molecular weight excluding hydrogens is 234 g/mol. The van der Waals surface area contributed by atoms with Crippen LogP contribution in [0.25, 0.3) is 10.9 Å². The average molecular weight is 243 g/mol. The number of nitrogens with zero attached hydrogens (tertiary/aromatic N) is 2. The third-order valence-corrected chi connectivity index (χ3v) is 2.97. The lowest BCUT2D eigenvalue weighted by atomic mass is 10.2. The van der Waals surface area contributed by atoms with Gasteiger partial charge in [0.2, 0.25) is 11.8 Å². The summed E-state index contributed by atoms with van der Waals surface area (Å²) in [4.78, 5) is 39.0. The molecule has 0 spiro atoms. The van der Waals surface area contributed by atoms with Gasteiger partial charge in [0.1, 0.15) is 6.04 Å². The summed E-state index contributed by atoms with van der Waals surface area (Å²) in [5.74, 6) is -0.829. The number of nitrogens with one attached hydrogen (secondary N) is 1. The zero-order valence-corrected chi connectivity index (χ0v) is 9.29. The Hall–Kier alpha value is -2.50. The number of carbonyl (C=O) groups is 2. The molecule has 3 rings (SSSR count). The quantitative estimate of drug-likeness (QED) is 0.714. The number of fused-ring (bicyclic) bond motifs is 1. The Morgan fingerprint density at radius 1 is 1.22 bits per heavy atom. The Morgan fingerprint density at radius 3 is 2.72 bits per heavy atom. The Morgan fingerprint density at radius 2 is 2.00 bits per heavy atom. The van der Waals surface area contributed by atoms with Gasteiger partial charge in [0.25, 0.3) is 5.56 Å². The van der Waals surface area contributed by atoms with Crippen LogP contribution < -0.4 is 10.9 Å². The van der Waals surface area contributed by atoms with Crippen LogP contribution in [-0.4, -0.2) is 21.4 Å². The van der Waals surface area contributed by atoms with E-state index in [1.165, 1.54) is 10.9 Å². The van der Waals surface area contributed by atoms with Gasteiger partial charge in [0, 0.05) is 0 Å². The van der Waals surface area contributed by atoms with Crippen LogP contribution in [0.4, 0.5) is 0 Å². The third kappa shape index (κ3) is 1.50. The lowest BCUT2D eigenvalue weighted by molar-refractivity contribution is -0.125. The second kappa shape index (κ2) is 3.76. The van der Waals surface area contributed by atoms with E-state index in [4.69, 9.17) is 0 Å². The molecule has 0 aliphatic carbocycles. The van der Waals surface area contributed by atoms with Crippen LogP contribution in [0.2, 0.25) is 0 Å². The maximum Gasteiger partial charge on any atom is 0.261 e. The third-order valence-electron chi connectivity index (χ3n) is 2.97. The number of benzene rings is 1. The number of hydrogen-bond acceptors (Lipinski definition) is 4. The van der Waals surface area contributed by atoms with Crippen molar-refractivity contribution >= 4 is 22.7 Å². The predicted molar refractivity (Wildman–Crippen MR) is 62.8 cm³/mol. The van der Waals surface area contributed by atoms with Crippen molar-refractivity contribution in [1.82, 2.24) is 14.9 Å². The first-order chi connectivity index (χ1) is 8.66. The largest absolute Gasteiger partial charge is 0.295 e. The van der Waals surface area contributed by atoms with E-state index in [9.17, 15) is 14.4 Å². The summed E-state index contributed by atoms with van der Waals surface area (Å²) in [6, 6.07) is 6.10. The number of hydrogen-bond donors (Lipinski definition) is 1. The minimum absolute atomic E-state index is 0.0151. The van der Waals surface area contributed by atoms with Gasteiger partial charge >= 0.3 is 0 Å². The lowest BCUT2D eigenvalue weighted by Crippen LogP contribution is -2.30. The van der Waals surface area contributed by atoms with Crippen LogP contribution in [0, 0.1) is 0 Å². The molecule has 2 heterocycles. The van der Waals surface area contributed by atoms with Crippen LogP contribution in [-0.2, 0) is 9.59 Å². The van der Waals surface area contributed by atoms with Gasteiger partial charge in [-0.1, -0.05) is 12.1 Å². The number of amides is 2. The Balaban J connectivity index is 2.19. The van der Waals surface area contributed by atoms with Gasteiger partial charge in [-0.3, -0.25) is 24.3 Å². The molecule has 0 bridgehead atoms. The van der Waals surface area contributed by atoms with Gasteiger partial charge in [-0.25, -0.2) is 4.98 Å². The molecule has 1 aromatic carbocycles. The van der Waals surface area contributed by atoms with Crippen LogP contribution in [0.1, 0.15) is 12.5 Å². The SMILES string of the molecule is O=C1CC(n2cnc3ccccc3c2=O)C(=O)N1. The van der Waals surface area contributed by atoms with Crippen LogP contribution in [0.3, 0.4) is 0 Å². The first-order valence-corrected chi connectivity index (χ1v) is 5.46. The van der Waals surface area contributed by atoms with E-state index < -0.39 is 11.9 Å². The van der Waals surface area contributed by atoms with Gasteiger partial charge in [0.15, 0.2) is 0 Å². The molecule has 6 nitrogen and oxygen atoms in total. The normalized spacial score (nSPS) is 19.2. The first kappa shape index (κ1) is 10.6. The van der Waals surface area contributed by atoms with Crippen LogP contribution in [0.5, 0.6) is 0 Å². The molecule has 1 unspecified atom stereocenters. The Labute approximate surface area is 101 Å². The topological polar surface area (TPSA) is 81.1 Å². The highest BCUT2D eigenvalue weighted by atomic mass is 16.2. The highest BCUT2D eigenvalue weighted by molar-refractivity contribution is 6.04. The number of carbonyl (C=O) groups excluding carboxylic acids is 2. The van der Waals surface area contributed by atoms with E-state index in [-0.39, 0.29) is 17.9 Å². The molecule has 1 aromatic heterocycles. The van der Waals surface area contributed by atoms with Gasteiger partial charge in [-0.15, -0.1) is 0 Å². The monoisotopic (exact) mass is 243 g/mol. The Kier molecular flexibility index (Phi) is 2.22. The molecule has 1 fully saturated rings. The minimum atomic E-state index is -0.790. The predicted octanol–water partition coefficient (Wildman–Crippen LogP) is -0.0159. The van der Waals surface area contributed by atoms with Crippen molar-refractivity contribution in [2.45, 2.75) is 12.5 Å². The molecule has 0 radical (unpaired) electrons. The van der Waals surface area contributed by atoms with Crippen molar-refractivity contribution in [2.24, 2.45) is 0 Å². The van der Waals surface area contributed by atoms with Crippen molar-refractivity contribution in [2.75, 3.05) is 0 Å². The van der Waals surface area contributed by atoms with Crippen molar-refractivity contribution < 1.29 is 9.59 Å². The van der Waals surface area contributed by atoms with Gasteiger partial charge in [0.05, 0.1) is 23.7 Å². The zero-order chi connectivity index (χ0) is 12.7. The minimum Gasteiger partial charge on any atom is -0.295 e. The summed E-state index contributed by atoms with van der Waals surface area (Å²) < 4.78 is 1.21. The Bertz CT molecular complexity index is 720. The lowest BCUT2D eigenvalue weighted by Gasteiger charge is -2.10. The molecule has 1 atom stereocenters. The van der Waals surface area contributed by atoms with Crippen LogP contribution >= 0.6 is 0 Å². The van der Waals surface area contributed by atoms with E-state index in [1.807, 2.05) is 0 Å². The van der Waals surface area contributed by atoms with Gasteiger partial charge in [-0.05, 0) is 12.1 Å². The first-order valence-electron chi connectivity index (χ1n) is 5.46. The summed E-state index contributed by atoms with van der Waals surface area (Å²) in [6.07, 6.45) is 1.30. The smallest absolute Gasteiger partial charge is 0.261 e. The molecule has 1 aliphatic rings. The summed E-state index contributed by atoms with van der Waals surface area (Å²) in [5.41, 5.74) is 0.263. The van der Waals surface area contributed by atoms with Crippen molar-refractivity contribution in [1.29, 1.82) is 0 Å². The average Bonchev–Trinajstić information content (AvgIpc) is 2.69.